The van der Waals surface area contributed by atoms with Gasteiger partial charge in [-0.2, -0.15) is 0 Å². The first kappa shape index (κ1) is 12.5. The van der Waals surface area contributed by atoms with Gasteiger partial charge in [-0.25, -0.2) is 4.79 Å². The molecule has 0 bridgehead atoms. The van der Waals surface area contributed by atoms with Crippen LogP contribution >= 0.6 is 0 Å². The van der Waals surface area contributed by atoms with Crippen LogP contribution in [0, 0.1) is 6.92 Å². The Morgan fingerprint density at radius 1 is 1.25 bits per heavy atom. The summed E-state index contributed by atoms with van der Waals surface area (Å²) in [5.41, 5.74) is 2.48. The van der Waals surface area contributed by atoms with Crippen LogP contribution in [0.1, 0.15) is 11.1 Å². The predicted molar refractivity (Wildman–Crippen MR) is 63.4 cm³/mol. The Kier molecular flexibility index (Phi) is 5.36. The van der Waals surface area contributed by atoms with E-state index in [2.05, 4.69) is 29.7 Å². The number of aryl methyl sites for hydroxylation is 1. The molecular weight excluding hydrogens is 204 g/mol. The van der Waals surface area contributed by atoms with Crippen molar-refractivity contribution in [2.75, 3.05) is 19.7 Å². The molecule has 4 nitrogen and oxygen atoms in total. The lowest BCUT2D eigenvalue weighted by atomic mass is 10.1. The first-order valence-electron chi connectivity index (χ1n) is 5.41. The summed E-state index contributed by atoms with van der Waals surface area (Å²) in [4.78, 5) is 11.1. The maximum absolute atomic E-state index is 11.1. The molecule has 0 heterocycles. The monoisotopic (exact) mass is 222 g/mol. The Hall–Kier alpha value is -1.55. The maximum atomic E-state index is 11.1. The van der Waals surface area contributed by atoms with Gasteiger partial charge in [0.1, 0.15) is 0 Å². The first-order valence-corrected chi connectivity index (χ1v) is 5.41. The summed E-state index contributed by atoms with van der Waals surface area (Å²) in [5.74, 6) is 0. The molecule has 16 heavy (non-hydrogen) atoms. The van der Waals surface area contributed by atoms with Crippen LogP contribution in [0.3, 0.4) is 0 Å². The number of rotatable bonds is 5. The summed E-state index contributed by atoms with van der Waals surface area (Å²) >= 11 is 0. The van der Waals surface area contributed by atoms with E-state index in [1.165, 1.54) is 11.1 Å². The highest BCUT2D eigenvalue weighted by Gasteiger charge is 2.00. The van der Waals surface area contributed by atoms with Gasteiger partial charge in [-0.1, -0.05) is 24.3 Å². The quantitative estimate of drug-likeness (QED) is 0.691. The number of carbonyl (C=O) groups is 1. The van der Waals surface area contributed by atoms with E-state index < -0.39 is 0 Å². The molecule has 4 heteroatoms. The molecule has 88 valence electrons. The zero-order chi connectivity index (χ0) is 11.8. The molecule has 0 fully saturated rings. The molecule has 0 saturated heterocycles. The van der Waals surface area contributed by atoms with Crippen LogP contribution in [0.2, 0.25) is 0 Å². The number of nitrogens with one attached hydrogen (secondary N) is 2. The molecule has 1 rings (SSSR count). The Labute approximate surface area is 95.7 Å². The van der Waals surface area contributed by atoms with Crippen LogP contribution in [0.4, 0.5) is 4.79 Å². The summed E-state index contributed by atoms with van der Waals surface area (Å²) < 4.78 is 0. The number of amides is 2. The van der Waals surface area contributed by atoms with Crippen molar-refractivity contribution in [3.63, 3.8) is 0 Å². The fourth-order valence-corrected chi connectivity index (χ4v) is 1.43. The van der Waals surface area contributed by atoms with Crippen LogP contribution < -0.4 is 10.6 Å². The van der Waals surface area contributed by atoms with E-state index >= 15 is 0 Å². The van der Waals surface area contributed by atoms with Crippen molar-refractivity contribution in [3.8, 4) is 0 Å². The van der Waals surface area contributed by atoms with E-state index in [9.17, 15) is 4.79 Å². The van der Waals surface area contributed by atoms with Gasteiger partial charge in [0.25, 0.3) is 0 Å². The largest absolute Gasteiger partial charge is 0.395 e. The summed E-state index contributed by atoms with van der Waals surface area (Å²) in [7, 11) is 0. The second-order valence-electron chi connectivity index (χ2n) is 3.58. The number of hydrogen-bond donors (Lipinski definition) is 3. The number of hydrogen-bond acceptors (Lipinski definition) is 2. The third-order valence-corrected chi connectivity index (χ3v) is 2.34. The number of carbonyl (C=O) groups excluding carboxylic acids is 1. The second-order valence-corrected chi connectivity index (χ2v) is 3.58. The smallest absolute Gasteiger partial charge is 0.314 e. The van der Waals surface area contributed by atoms with Gasteiger partial charge in [0.05, 0.1) is 6.61 Å². The van der Waals surface area contributed by atoms with E-state index in [1.807, 2.05) is 12.1 Å². The normalized spacial score (nSPS) is 9.88. The van der Waals surface area contributed by atoms with Crippen molar-refractivity contribution in [3.05, 3.63) is 35.4 Å². The third kappa shape index (κ3) is 4.31. The second kappa shape index (κ2) is 6.85. The Morgan fingerprint density at radius 2 is 1.94 bits per heavy atom. The number of aliphatic hydroxyl groups excluding tert-OH is 1. The fourth-order valence-electron chi connectivity index (χ4n) is 1.43. The lowest BCUT2D eigenvalue weighted by molar-refractivity contribution is 0.234. The van der Waals surface area contributed by atoms with Crippen LogP contribution in [0.5, 0.6) is 0 Å². The first-order chi connectivity index (χ1) is 7.74. The average Bonchev–Trinajstić information content (AvgIpc) is 2.29. The molecule has 2 amide bonds. The topological polar surface area (TPSA) is 61.4 Å². The Bertz CT molecular complexity index is 340. The van der Waals surface area contributed by atoms with Crippen LogP contribution in [-0.4, -0.2) is 30.8 Å². The highest BCUT2D eigenvalue weighted by Crippen LogP contribution is 2.06. The van der Waals surface area contributed by atoms with E-state index in [-0.39, 0.29) is 19.2 Å². The van der Waals surface area contributed by atoms with Gasteiger partial charge in [-0.3, -0.25) is 0 Å². The Balaban J connectivity index is 2.25. The molecule has 0 aromatic heterocycles. The highest BCUT2D eigenvalue weighted by molar-refractivity contribution is 5.73. The van der Waals surface area contributed by atoms with Gasteiger partial charge in [0.2, 0.25) is 0 Å². The van der Waals surface area contributed by atoms with Crippen molar-refractivity contribution in [1.29, 1.82) is 0 Å². The minimum atomic E-state index is -0.234. The summed E-state index contributed by atoms with van der Waals surface area (Å²) in [5, 5.41) is 13.8. The summed E-state index contributed by atoms with van der Waals surface area (Å²) in [6.07, 6.45) is 0.819. The molecule has 1 aromatic carbocycles. The highest BCUT2D eigenvalue weighted by atomic mass is 16.3. The number of urea groups is 1. The van der Waals surface area contributed by atoms with E-state index in [0.717, 1.165) is 6.42 Å². The van der Waals surface area contributed by atoms with Crippen molar-refractivity contribution >= 4 is 6.03 Å². The van der Waals surface area contributed by atoms with E-state index in [4.69, 9.17) is 5.11 Å². The molecule has 0 radical (unpaired) electrons. The van der Waals surface area contributed by atoms with Gasteiger partial charge in [-0.15, -0.1) is 0 Å². The zero-order valence-electron chi connectivity index (χ0n) is 9.49. The van der Waals surface area contributed by atoms with Crippen molar-refractivity contribution in [1.82, 2.24) is 10.6 Å². The van der Waals surface area contributed by atoms with Gasteiger partial charge >= 0.3 is 6.03 Å². The van der Waals surface area contributed by atoms with Gasteiger partial charge in [0, 0.05) is 13.1 Å². The fraction of sp³-hybridized carbons (Fsp3) is 0.417. The number of benzene rings is 1. The molecule has 0 saturated carbocycles. The lowest BCUT2D eigenvalue weighted by Crippen LogP contribution is -2.38. The molecule has 0 aliphatic heterocycles. The summed E-state index contributed by atoms with van der Waals surface area (Å²) in [6.45, 7) is 2.91. The molecular formula is C12H18N2O2. The van der Waals surface area contributed by atoms with Crippen LogP contribution in [-0.2, 0) is 6.42 Å². The lowest BCUT2D eigenvalue weighted by Gasteiger charge is -2.08. The molecule has 0 unspecified atom stereocenters. The van der Waals surface area contributed by atoms with Crippen LogP contribution in [0.15, 0.2) is 24.3 Å². The standard InChI is InChI=1S/C12H18N2O2/c1-10-4-2-3-5-11(10)6-7-13-12(16)14-8-9-15/h2-5,15H,6-9H2,1H3,(H2,13,14,16). The Morgan fingerprint density at radius 3 is 2.62 bits per heavy atom. The molecule has 3 N–H and O–H groups in total. The maximum Gasteiger partial charge on any atom is 0.314 e. The minimum absolute atomic E-state index is 0.0365. The van der Waals surface area contributed by atoms with Crippen molar-refractivity contribution in [2.24, 2.45) is 0 Å². The minimum Gasteiger partial charge on any atom is -0.395 e. The molecule has 0 aliphatic carbocycles. The molecule has 1 aromatic rings. The zero-order valence-corrected chi connectivity index (χ0v) is 9.49. The van der Waals surface area contributed by atoms with Crippen LogP contribution in [0.25, 0.3) is 0 Å². The molecule has 0 atom stereocenters. The predicted octanol–water partition coefficient (Wildman–Crippen LogP) is 0.829. The summed E-state index contributed by atoms with van der Waals surface area (Å²) in [6, 6.07) is 7.88. The van der Waals surface area contributed by atoms with Gasteiger partial charge in [0.15, 0.2) is 0 Å². The number of aliphatic hydroxyl groups is 1. The van der Waals surface area contributed by atoms with E-state index in [1.54, 1.807) is 0 Å². The molecule has 0 spiro atoms. The van der Waals surface area contributed by atoms with Gasteiger partial charge < -0.3 is 15.7 Å². The van der Waals surface area contributed by atoms with Crippen molar-refractivity contribution < 1.29 is 9.90 Å². The van der Waals surface area contributed by atoms with Crippen molar-refractivity contribution in [2.45, 2.75) is 13.3 Å². The molecule has 0 aliphatic rings. The third-order valence-electron chi connectivity index (χ3n) is 2.34. The average molecular weight is 222 g/mol. The van der Waals surface area contributed by atoms with E-state index in [0.29, 0.717) is 6.54 Å². The SMILES string of the molecule is Cc1ccccc1CCNC(=O)NCCO. The van der Waals surface area contributed by atoms with Gasteiger partial charge in [-0.05, 0) is 24.5 Å².